The largest absolute Gasteiger partial charge is 0.480 e. The summed E-state index contributed by atoms with van der Waals surface area (Å²) in [5.74, 6) is -4.81. The van der Waals surface area contributed by atoms with Crippen molar-refractivity contribution in [1.29, 1.82) is 0 Å². The minimum atomic E-state index is -1.28. The molecule has 16 nitrogen and oxygen atoms in total. The number of carboxylic acid groups (broad SMARTS) is 1. The molecule has 0 saturated carbocycles. The number of amides is 6. The highest BCUT2D eigenvalue weighted by Gasteiger charge is 2.44. The van der Waals surface area contributed by atoms with Crippen molar-refractivity contribution in [1.82, 2.24) is 24.9 Å². The van der Waals surface area contributed by atoms with Gasteiger partial charge in [0.15, 0.2) is 5.78 Å². The molecule has 3 rings (SSSR count). The molecule has 73 heavy (non-hydrogen) atoms. The van der Waals surface area contributed by atoms with Gasteiger partial charge in [-0.05, 0) is 86.1 Å². The zero-order valence-electron chi connectivity index (χ0n) is 45.7. The fourth-order valence-electron chi connectivity index (χ4n) is 10.5. The van der Waals surface area contributed by atoms with E-state index < -0.39 is 65.9 Å². The van der Waals surface area contributed by atoms with Gasteiger partial charge in [-0.15, -0.1) is 20.3 Å². The van der Waals surface area contributed by atoms with Crippen LogP contribution in [0.3, 0.4) is 0 Å². The van der Waals surface area contributed by atoms with Crippen molar-refractivity contribution >= 4 is 67.5 Å². The summed E-state index contributed by atoms with van der Waals surface area (Å²) in [4.78, 5) is 115. The van der Waals surface area contributed by atoms with Gasteiger partial charge in [0.2, 0.25) is 35.4 Å². The van der Waals surface area contributed by atoms with E-state index in [0.717, 1.165) is 26.9 Å². The van der Waals surface area contributed by atoms with Crippen molar-refractivity contribution in [3.63, 3.8) is 0 Å². The first-order chi connectivity index (χ1) is 34.5. The first-order valence-electron chi connectivity index (χ1n) is 26.3. The second-order valence-corrected chi connectivity index (χ2v) is 23.3. The Balaban J connectivity index is 1.67. The molecule has 0 radical (unpaired) electrons. The van der Waals surface area contributed by atoms with Crippen molar-refractivity contribution in [2.75, 3.05) is 60.0 Å². The number of unbranched alkanes of at least 4 members (excludes halogenated alkanes) is 2. The van der Waals surface area contributed by atoms with Crippen molar-refractivity contribution in [3.8, 4) is 0 Å². The number of likely N-dealkylation sites (N-methyl/N-ethyl adjacent to an activating group) is 2. The van der Waals surface area contributed by atoms with Gasteiger partial charge in [-0.3, -0.25) is 38.5 Å². The third kappa shape index (κ3) is 18.1. The Morgan fingerprint density at radius 3 is 2.16 bits per heavy atom. The molecular weight excluding hydrogens is 977 g/mol. The number of rotatable bonds is 33. The number of carboxylic acids is 1. The number of thioether (sulfide) groups is 1. The number of nitrogens with zero attached hydrogens (tertiary/aromatic N) is 4. The summed E-state index contributed by atoms with van der Waals surface area (Å²) in [6.07, 6.45) is 4.42. The normalized spacial score (nSPS) is 19.5. The number of imide groups is 1. The smallest absolute Gasteiger partial charge is 0.326 e. The number of nitrogens with one attached hydrogen (secondary N) is 1. The highest BCUT2D eigenvalue weighted by Crippen LogP contribution is 2.32. The molecule has 2 aliphatic rings. The standard InChI is InChI=1S/C54H87FN5O11PS/c1-13-35(6)49(43(70-10)31-46(63)59-26-17-19-41(59)50(71-11)36(7)51(65)56-40(54(68)69)29-37-21-23-38(55)24-22-37)58(9)52(66)39(33(2)3)30-42(61)48(34(4)5)57(8)45(62)20-15-14-16-25-60-47(64)32-44(53(60)67)73-28-18-27-72-12/h21-24,33-36,39-41,43-44,48-50,72H,13-20,25-32H2,1-12H3,(H,56,65)(H,68,69)/t35-,36+,39-,40-,41-,43+,44?,48-,49-,50+/m0/s1. The highest BCUT2D eigenvalue weighted by molar-refractivity contribution is 8.00. The summed E-state index contributed by atoms with van der Waals surface area (Å²) in [7, 11) is 7.15. The lowest BCUT2D eigenvalue weighted by atomic mass is 9.83. The number of ether oxygens (including phenoxy) is 2. The molecule has 1 aromatic rings. The number of ketones is 1. The fourth-order valence-corrected chi connectivity index (χ4v) is 12.4. The van der Waals surface area contributed by atoms with Gasteiger partial charge in [0.1, 0.15) is 11.9 Å². The topological polar surface area (TPSA) is 200 Å². The Hall–Kier alpha value is -3.99. The molecule has 1 aromatic carbocycles. The van der Waals surface area contributed by atoms with Crippen LogP contribution in [0.15, 0.2) is 24.3 Å². The zero-order chi connectivity index (χ0) is 54.7. The Morgan fingerprint density at radius 1 is 0.918 bits per heavy atom. The third-order valence-electron chi connectivity index (χ3n) is 14.9. The molecule has 11 atom stereocenters. The Bertz CT molecular complexity index is 2000. The van der Waals surface area contributed by atoms with Crippen LogP contribution in [0.1, 0.15) is 125 Å². The highest BCUT2D eigenvalue weighted by atomic mass is 32.2. The lowest BCUT2D eigenvalue weighted by Crippen LogP contribution is -2.55. The SMILES string of the molecule is CC[C@H](C)[C@@H]([C@@H](CC(=O)N1CCC[C@H]1[C@H](OC)[C@@H](C)C(=O)N[C@@H](Cc1ccc(F)cc1)C(=O)O)OC)N(C)C(=O)[C@@H](CC(=O)[C@H](C(C)C)N(C)C(=O)CCCCCN1C(=O)CC(SCCCPC)C1=O)C(C)C. The maximum absolute atomic E-state index is 14.7. The number of halogens is 1. The molecule has 2 heterocycles. The number of methoxy groups -OCH3 is 2. The number of hydrogen-bond acceptors (Lipinski definition) is 11. The summed E-state index contributed by atoms with van der Waals surface area (Å²) in [6.45, 7) is 16.0. The van der Waals surface area contributed by atoms with Crippen LogP contribution in [0.2, 0.25) is 0 Å². The second-order valence-electron chi connectivity index (χ2n) is 20.7. The number of likely N-dealkylation sites (tertiary alicyclic amines) is 2. The summed E-state index contributed by atoms with van der Waals surface area (Å²) in [5.41, 5.74) is 0.535. The predicted octanol–water partition coefficient (Wildman–Crippen LogP) is 6.69. The van der Waals surface area contributed by atoms with Crippen molar-refractivity contribution in [3.05, 3.63) is 35.6 Å². The number of aliphatic carboxylic acids is 1. The molecule has 0 aromatic heterocycles. The van der Waals surface area contributed by atoms with Gasteiger partial charge in [-0.25, -0.2) is 9.18 Å². The van der Waals surface area contributed by atoms with Gasteiger partial charge in [-0.2, -0.15) is 0 Å². The van der Waals surface area contributed by atoms with E-state index in [0.29, 0.717) is 57.2 Å². The first kappa shape index (κ1) is 63.3. The molecule has 0 aliphatic carbocycles. The van der Waals surface area contributed by atoms with E-state index in [1.165, 1.54) is 48.3 Å². The first-order valence-corrected chi connectivity index (χ1v) is 29.1. The Labute approximate surface area is 440 Å². The summed E-state index contributed by atoms with van der Waals surface area (Å²) >= 11 is 1.57. The molecular formula is C54H87FN5O11PS. The van der Waals surface area contributed by atoms with E-state index in [9.17, 15) is 47.9 Å². The van der Waals surface area contributed by atoms with E-state index in [1.807, 2.05) is 41.5 Å². The summed E-state index contributed by atoms with van der Waals surface area (Å²) < 4.78 is 25.5. The lowest BCUT2D eigenvalue weighted by Gasteiger charge is -2.41. The van der Waals surface area contributed by atoms with Crippen molar-refractivity contribution in [2.45, 2.75) is 167 Å². The van der Waals surface area contributed by atoms with Gasteiger partial charge in [0.05, 0.1) is 47.9 Å². The molecule has 0 bridgehead atoms. The van der Waals surface area contributed by atoms with Crippen LogP contribution in [-0.4, -0.2) is 174 Å². The molecule has 2 unspecified atom stereocenters. The van der Waals surface area contributed by atoms with Gasteiger partial charge in [0.25, 0.3) is 0 Å². The van der Waals surface area contributed by atoms with Crippen LogP contribution in [0.4, 0.5) is 4.39 Å². The maximum atomic E-state index is 14.7. The van der Waals surface area contributed by atoms with E-state index in [1.54, 1.807) is 42.6 Å². The molecule has 2 N–H and O–H groups in total. The summed E-state index contributed by atoms with van der Waals surface area (Å²) in [5, 5.41) is 12.2. The van der Waals surface area contributed by atoms with E-state index in [2.05, 4.69) is 12.0 Å². The predicted molar refractivity (Wildman–Crippen MR) is 285 cm³/mol. The van der Waals surface area contributed by atoms with Gasteiger partial charge < -0.3 is 34.6 Å². The zero-order valence-corrected chi connectivity index (χ0v) is 47.5. The monoisotopic (exact) mass is 1060 g/mol. The van der Waals surface area contributed by atoms with Crippen LogP contribution in [0.5, 0.6) is 0 Å². The minimum absolute atomic E-state index is 0.0599. The lowest BCUT2D eigenvalue weighted by molar-refractivity contribution is -0.150. The van der Waals surface area contributed by atoms with Crippen molar-refractivity contribution < 1.29 is 57.3 Å². The minimum Gasteiger partial charge on any atom is -0.480 e. The van der Waals surface area contributed by atoms with E-state index >= 15 is 0 Å². The quantitative estimate of drug-likeness (QED) is 0.0430. The maximum Gasteiger partial charge on any atom is 0.326 e. The molecule has 2 fully saturated rings. The van der Waals surface area contributed by atoms with Crippen LogP contribution in [0, 0.1) is 35.4 Å². The molecule has 0 spiro atoms. The molecule has 412 valence electrons. The summed E-state index contributed by atoms with van der Waals surface area (Å²) in [6, 6.07) is 2.25. The van der Waals surface area contributed by atoms with Gasteiger partial charge in [0, 0.05) is 73.0 Å². The number of carbonyl (C=O) groups is 8. The van der Waals surface area contributed by atoms with E-state index in [4.69, 9.17) is 9.47 Å². The number of Topliss-reactive ketones (excluding diaryl/α,β-unsaturated/α-hetero) is 1. The Morgan fingerprint density at radius 2 is 1.59 bits per heavy atom. The van der Waals surface area contributed by atoms with Gasteiger partial charge in [-0.1, -0.05) is 73.4 Å². The van der Waals surface area contributed by atoms with Crippen LogP contribution < -0.4 is 5.32 Å². The molecule has 2 saturated heterocycles. The van der Waals surface area contributed by atoms with Crippen molar-refractivity contribution in [2.24, 2.45) is 29.6 Å². The van der Waals surface area contributed by atoms with Gasteiger partial charge >= 0.3 is 5.97 Å². The average molecular weight is 1060 g/mol. The van der Waals surface area contributed by atoms with Crippen LogP contribution in [0.25, 0.3) is 0 Å². The number of hydrogen-bond donors (Lipinski definition) is 2. The Kier molecular flexibility index (Phi) is 27.0. The van der Waals surface area contributed by atoms with Crippen LogP contribution >= 0.6 is 20.3 Å². The second kappa shape index (κ2) is 31.2. The molecule has 19 heteroatoms. The van der Waals surface area contributed by atoms with E-state index in [-0.39, 0.29) is 90.4 Å². The number of benzene rings is 1. The third-order valence-corrected chi connectivity index (χ3v) is 17.1. The van der Waals surface area contributed by atoms with Crippen LogP contribution in [-0.2, 0) is 54.3 Å². The fraction of sp³-hybridized carbons (Fsp3) is 0.741. The molecule has 6 amide bonds. The molecule has 2 aliphatic heterocycles. The number of carbonyl (C=O) groups excluding carboxylic acids is 7. The average Bonchev–Trinajstić information content (AvgIpc) is 3.94.